The highest BCUT2D eigenvalue weighted by molar-refractivity contribution is 4.81. The standard InChI is InChI=1S/C12H26N2/c1-10(2)12-7-5-6-8-14(12)9-11(3)13-4/h10-13H,5-9H2,1-4H3. The van der Waals surface area contributed by atoms with Gasteiger partial charge in [0.15, 0.2) is 0 Å². The van der Waals surface area contributed by atoms with E-state index in [1.165, 1.54) is 32.4 Å². The van der Waals surface area contributed by atoms with Crippen molar-refractivity contribution in [3.05, 3.63) is 0 Å². The minimum Gasteiger partial charge on any atom is -0.316 e. The lowest BCUT2D eigenvalue weighted by molar-refractivity contribution is 0.103. The van der Waals surface area contributed by atoms with Crippen molar-refractivity contribution in [1.82, 2.24) is 10.2 Å². The predicted octanol–water partition coefficient (Wildman–Crippen LogP) is 2.10. The van der Waals surface area contributed by atoms with Crippen LogP contribution in [0.25, 0.3) is 0 Å². The van der Waals surface area contributed by atoms with Gasteiger partial charge in [-0.15, -0.1) is 0 Å². The first-order valence-corrected chi connectivity index (χ1v) is 6.06. The summed E-state index contributed by atoms with van der Waals surface area (Å²) in [5.41, 5.74) is 0. The second-order valence-corrected chi connectivity index (χ2v) is 4.99. The quantitative estimate of drug-likeness (QED) is 0.744. The van der Waals surface area contributed by atoms with Crippen molar-refractivity contribution in [2.75, 3.05) is 20.1 Å². The maximum atomic E-state index is 3.33. The molecule has 1 fully saturated rings. The molecule has 1 rings (SSSR count). The molecule has 2 atom stereocenters. The Labute approximate surface area is 89.1 Å². The van der Waals surface area contributed by atoms with Crippen LogP contribution in [0.3, 0.4) is 0 Å². The molecule has 0 radical (unpaired) electrons. The first-order valence-electron chi connectivity index (χ1n) is 6.06. The number of nitrogens with zero attached hydrogens (tertiary/aromatic N) is 1. The Hall–Kier alpha value is -0.0800. The van der Waals surface area contributed by atoms with Gasteiger partial charge in [-0.3, -0.25) is 4.90 Å². The van der Waals surface area contributed by atoms with E-state index in [9.17, 15) is 0 Å². The Balaban J connectivity index is 2.45. The zero-order chi connectivity index (χ0) is 10.6. The Morgan fingerprint density at radius 3 is 2.57 bits per heavy atom. The molecule has 1 aliphatic rings. The van der Waals surface area contributed by atoms with Crippen LogP contribution in [0.1, 0.15) is 40.0 Å². The SMILES string of the molecule is CNC(C)CN1CCCCC1C(C)C. The lowest BCUT2D eigenvalue weighted by Gasteiger charge is -2.39. The fourth-order valence-electron chi connectivity index (χ4n) is 2.44. The summed E-state index contributed by atoms with van der Waals surface area (Å²) in [5, 5.41) is 3.33. The maximum Gasteiger partial charge on any atom is 0.0163 e. The molecule has 2 heteroatoms. The summed E-state index contributed by atoms with van der Waals surface area (Å²) in [4.78, 5) is 2.68. The summed E-state index contributed by atoms with van der Waals surface area (Å²) < 4.78 is 0. The molecule has 2 nitrogen and oxygen atoms in total. The molecule has 1 N–H and O–H groups in total. The average molecular weight is 198 g/mol. The molecular formula is C12H26N2. The van der Waals surface area contributed by atoms with Crippen LogP contribution in [0.4, 0.5) is 0 Å². The van der Waals surface area contributed by atoms with Crippen LogP contribution in [0.15, 0.2) is 0 Å². The lowest BCUT2D eigenvalue weighted by Crippen LogP contribution is -2.48. The zero-order valence-corrected chi connectivity index (χ0v) is 10.2. The van der Waals surface area contributed by atoms with Gasteiger partial charge in [-0.05, 0) is 39.3 Å². The van der Waals surface area contributed by atoms with Crippen LogP contribution in [-0.4, -0.2) is 37.1 Å². The lowest BCUT2D eigenvalue weighted by atomic mass is 9.92. The van der Waals surface area contributed by atoms with E-state index in [2.05, 4.69) is 38.0 Å². The smallest absolute Gasteiger partial charge is 0.0163 e. The molecule has 84 valence electrons. The van der Waals surface area contributed by atoms with Crippen molar-refractivity contribution in [3.63, 3.8) is 0 Å². The Kier molecular flexibility index (Phi) is 4.90. The average Bonchev–Trinajstić information content (AvgIpc) is 2.18. The summed E-state index contributed by atoms with van der Waals surface area (Å²) in [6.45, 7) is 9.49. The predicted molar refractivity (Wildman–Crippen MR) is 62.6 cm³/mol. The van der Waals surface area contributed by atoms with Gasteiger partial charge in [0.1, 0.15) is 0 Å². The monoisotopic (exact) mass is 198 g/mol. The van der Waals surface area contributed by atoms with Gasteiger partial charge < -0.3 is 5.32 Å². The van der Waals surface area contributed by atoms with Gasteiger partial charge in [0.25, 0.3) is 0 Å². The fraction of sp³-hybridized carbons (Fsp3) is 1.00. The number of hydrogen-bond acceptors (Lipinski definition) is 2. The summed E-state index contributed by atoms with van der Waals surface area (Å²) in [5.74, 6) is 0.805. The molecule has 0 aliphatic carbocycles. The Morgan fingerprint density at radius 2 is 2.00 bits per heavy atom. The Bertz CT molecular complexity index is 156. The summed E-state index contributed by atoms with van der Waals surface area (Å²) >= 11 is 0. The van der Waals surface area contributed by atoms with E-state index >= 15 is 0 Å². The van der Waals surface area contributed by atoms with E-state index in [0.29, 0.717) is 6.04 Å². The minimum absolute atomic E-state index is 0.620. The zero-order valence-electron chi connectivity index (χ0n) is 10.2. The normalized spacial score (nSPS) is 26.8. The van der Waals surface area contributed by atoms with Crippen molar-refractivity contribution in [2.45, 2.75) is 52.1 Å². The molecule has 0 aromatic carbocycles. The molecule has 0 amide bonds. The van der Waals surface area contributed by atoms with Crippen LogP contribution in [0.2, 0.25) is 0 Å². The molecule has 14 heavy (non-hydrogen) atoms. The van der Waals surface area contributed by atoms with Gasteiger partial charge in [-0.25, -0.2) is 0 Å². The molecule has 2 unspecified atom stereocenters. The highest BCUT2D eigenvalue weighted by Gasteiger charge is 2.25. The third-order valence-electron chi connectivity index (χ3n) is 3.43. The number of rotatable bonds is 4. The molecule has 1 saturated heterocycles. The van der Waals surface area contributed by atoms with E-state index in [4.69, 9.17) is 0 Å². The van der Waals surface area contributed by atoms with Gasteiger partial charge >= 0.3 is 0 Å². The van der Waals surface area contributed by atoms with Crippen molar-refractivity contribution < 1.29 is 0 Å². The number of nitrogens with one attached hydrogen (secondary N) is 1. The molecular weight excluding hydrogens is 172 g/mol. The highest BCUT2D eigenvalue weighted by Crippen LogP contribution is 2.22. The topological polar surface area (TPSA) is 15.3 Å². The van der Waals surface area contributed by atoms with Crippen LogP contribution >= 0.6 is 0 Å². The van der Waals surface area contributed by atoms with Gasteiger partial charge in [0, 0.05) is 18.6 Å². The van der Waals surface area contributed by atoms with E-state index < -0.39 is 0 Å². The van der Waals surface area contributed by atoms with Gasteiger partial charge in [0.2, 0.25) is 0 Å². The number of hydrogen-bond donors (Lipinski definition) is 1. The van der Waals surface area contributed by atoms with Crippen molar-refractivity contribution in [1.29, 1.82) is 0 Å². The van der Waals surface area contributed by atoms with E-state index in [1.54, 1.807) is 0 Å². The Morgan fingerprint density at radius 1 is 1.29 bits per heavy atom. The van der Waals surface area contributed by atoms with Crippen LogP contribution < -0.4 is 5.32 Å². The highest BCUT2D eigenvalue weighted by atomic mass is 15.2. The second-order valence-electron chi connectivity index (χ2n) is 4.99. The molecule has 0 spiro atoms. The molecule has 0 bridgehead atoms. The van der Waals surface area contributed by atoms with Crippen LogP contribution in [0.5, 0.6) is 0 Å². The van der Waals surface area contributed by atoms with Gasteiger partial charge in [-0.2, -0.15) is 0 Å². The molecule has 1 heterocycles. The minimum atomic E-state index is 0.620. The number of piperidine rings is 1. The molecule has 0 aromatic rings. The largest absolute Gasteiger partial charge is 0.316 e. The van der Waals surface area contributed by atoms with Crippen molar-refractivity contribution in [2.24, 2.45) is 5.92 Å². The number of likely N-dealkylation sites (N-methyl/N-ethyl adjacent to an activating group) is 1. The van der Waals surface area contributed by atoms with Crippen molar-refractivity contribution >= 4 is 0 Å². The van der Waals surface area contributed by atoms with Gasteiger partial charge in [0.05, 0.1) is 0 Å². The molecule has 0 aromatic heterocycles. The maximum absolute atomic E-state index is 3.33. The van der Waals surface area contributed by atoms with Crippen LogP contribution in [0, 0.1) is 5.92 Å². The fourth-order valence-corrected chi connectivity index (χ4v) is 2.44. The van der Waals surface area contributed by atoms with E-state index in [0.717, 1.165) is 12.0 Å². The third-order valence-corrected chi connectivity index (χ3v) is 3.43. The van der Waals surface area contributed by atoms with E-state index in [-0.39, 0.29) is 0 Å². The first kappa shape index (κ1) is 12.0. The van der Waals surface area contributed by atoms with Crippen LogP contribution in [-0.2, 0) is 0 Å². The third kappa shape index (κ3) is 3.25. The first-order chi connectivity index (χ1) is 6.65. The summed E-state index contributed by atoms with van der Waals surface area (Å²) in [6.07, 6.45) is 4.21. The number of likely N-dealkylation sites (tertiary alicyclic amines) is 1. The summed E-state index contributed by atoms with van der Waals surface area (Å²) in [7, 11) is 2.05. The van der Waals surface area contributed by atoms with E-state index in [1.807, 2.05) is 0 Å². The van der Waals surface area contributed by atoms with Crippen molar-refractivity contribution in [3.8, 4) is 0 Å². The second kappa shape index (κ2) is 5.72. The summed E-state index contributed by atoms with van der Waals surface area (Å²) in [6, 6.07) is 1.44. The molecule has 0 saturated carbocycles. The van der Waals surface area contributed by atoms with Gasteiger partial charge in [-0.1, -0.05) is 20.3 Å². The molecule has 1 aliphatic heterocycles.